The lowest BCUT2D eigenvalue weighted by atomic mass is 10.2. The third-order valence-electron chi connectivity index (χ3n) is 5.04. The summed E-state index contributed by atoms with van der Waals surface area (Å²) >= 11 is 12.2. The molecule has 4 rings (SSSR count). The topological polar surface area (TPSA) is 52.9 Å². The third kappa shape index (κ3) is 3.62. The number of aromatic nitrogens is 2. The van der Waals surface area contributed by atoms with Crippen LogP contribution in [0.5, 0.6) is 0 Å². The highest BCUT2D eigenvalue weighted by Gasteiger charge is 2.31. The van der Waals surface area contributed by atoms with Gasteiger partial charge in [-0.15, -0.1) is 0 Å². The van der Waals surface area contributed by atoms with Crippen molar-refractivity contribution in [3.05, 3.63) is 34.2 Å². The zero-order valence-corrected chi connectivity index (χ0v) is 15.4. The fourth-order valence-electron chi connectivity index (χ4n) is 3.74. The largest absolute Gasteiger partial charge is 0.341 e. The fraction of sp³-hybridized carbons (Fsp3) is 0.529. The minimum atomic E-state index is 0.128. The summed E-state index contributed by atoms with van der Waals surface area (Å²) in [6, 6.07) is 2.15. The van der Waals surface area contributed by atoms with E-state index in [0.717, 1.165) is 51.4 Å². The van der Waals surface area contributed by atoms with Gasteiger partial charge in [-0.25, -0.2) is 4.98 Å². The Bertz CT molecular complexity index is 787. The summed E-state index contributed by atoms with van der Waals surface area (Å²) in [5.74, 6) is 0.128. The summed E-state index contributed by atoms with van der Waals surface area (Å²) in [6.07, 6.45) is 4.93. The summed E-state index contributed by atoms with van der Waals surface area (Å²) in [5.41, 5.74) is 1.36. The number of likely N-dealkylation sites (tertiary alicyclic amines) is 1. The van der Waals surface area contributed by atoms with E-state index in [0.29, 0.717) is 28.2 Å². The van der Waals surface area contributed by atoms with Crippen molar-refractivity contribution in [1.82, 2.24) is 24.5 Å². The summed E-state index contributed by atoms with van der Waals surface area (Å²) in [5, 5.41) is 4.41. The average Bonchev–Trinajstić information content (AvgIpc) is 3.22. The number of nitrogens with zero attached hydrogens (tertiary/aromatic N) is 4. The number of pyridine rings is 1. The fourth-order valence-corrected chi connectivity index (χ4v) is 4.27. The second kappa shape index (κ2) is 7.11. The molecule has 8 heteroatoms. The minimum absolute atomic E-state index is 0.128. The molecule has 0 spiro atoms. The Morgan fingerprint density at radius 2 is 2.04 bits per heavy atom. The predicted molar refractivity (Wildman–Crippen MR) is 98.3 cm³/mol. The number of carbonyl (C=O) groups excluding carboxylic acids is 1. The van der Waals surface area contributed by atoms with Gasteiger partial charge in [0.05, 0.1) is 22.2 Å². The van der Waals surface area contributed by atoms with Crippen LogP contribution in [0.4, 0.5) is 0 Å². The maximum atomic E-state index is 12.7. The molecule has 2 aromatic rings. The predicted octanol–water partition coefficient (Wildman–Crippen LogP) is 1.69. The van der Waals surface area contributed by atoms with Crippen LogP contribution >= 0.6 is 23.2 Å². The Morgan fingerprint density at radius 3 is 2.84 bits per heavy atom. The molecular formula is C17H21Cl2N5O. The van der Waals surface area contributed by atoms with Gasteiger partial charge in [0.25, 0.3) is 0 Å². The third-order valence-corrected chi connectivity index (χ3v) is 5.52. The number of halogens is 2. The average molecular weight is 382 g/mol. The number of amides is 1. The van der Waals surface area contributed by atoms with Gasteiger partial charge in [0.15, 0.2) is 5.65 Å². The number of carbonyl (C=O) groups is 1. The summed E-state index contributed by atoms with van der Waals surface area (Å²) in [6.45, 7) is 5.85. The molecule has 1 unspecified atom stereocenters. The molecule has 2 aliphatic rings. The summed E-state index contributed by atoms with van der Waals surface area (Å²) < 4.78 is 1.78. The van der Waals surface area contributed by atoms with E-state index in [4.69, 9.17) is 23.2 Å². The monoisotopic (exact) mass is 381 g/mol. The zero-order chi connectivity index (χ0) is 17.4. The van der Waals surface area contributed by atoms with E-state index in [1.165, 1.54) is 0 Å². The summed E-state index contributed by atoms with van der Waals surface area (Å²) in [7, 11) is 0. The molecule has 1 amide bonds. The number of nitrogens with one attached hydrogen (secondary N) is 1. The van der Waals surface area contributed by atoms with Crippen LogP contribution in [0.1, 0.15) is 12.1 Å². The Balaban J connectivity index is 1.41. The van der Waals surface area contributed by atoms with Crippen molar-refractivity contribution in [2.24, 2.45) is 0 Å². The molecule has 2 saturated heterocycles. The second-order valence-corrected chi connectivity index (χ2v) is 7.56. The maximum Gasteiger partial charge on any atom is 0.228 e. The van der Waals surface area contributed by atoms with Crippen molar-refractivity contribution >= 4 is 34.8 Å². The van der Waals surface area contributed by atoms with Crippen LogP contribution in [0.2, 0.25) is 10.0 Å². The quantitative estimate of drug-likeness (QED) is 0.878. The first-order valence-corrected chi connectivity index (χ1v) is 9.41. The lowest BCUT2D eigenvalue weighted by molar-refractivity contribution is -0.129. The van der Waals surface area contributed by atoms with Crippen LogP contribution in [0.15, 0.2) is 18.5 Å². The van der Waals surface area contributed by atoms with Gasteiger partial charge < -0.3 is 14.6 Å². The molecular weight excluding hydrogens is 361 g/mol. The molecule has 6 nitrogen and oxygen atoms in total. The number of hydrogen-bond acceptors (Lipinski definition) is 4. The Morgan fingerprint density at radius 1 is 1.24 bits per heavy atom. The lowest BCUT2D eigenvalue weighted by Gasteiger charge is -2.32. The van der Waals surface area contributed by atoms with Gasteiger partial charge in [-0.05, 0) is 12.5 Å². The molecule has 0 aromatic carbocycles. The van der Waals surface area contributed by atoms with Gasteiger partial charge in [0.2, 0.25) is 5.91 Å². The highest BCUT2D eigenvalue weighted by molar-refractivity contribution is 6.36. The van der Waals surface area contributed by atoms with Crippen LogP contribution in [0.3, 0.4) is 0 Å². The van der Waals surface area contributed by atoms with Crippen molar-refractivity contribution in [3.8, 4) is 0 Å². The van der Waals surface area contributed by atoms with Gasteiger partial charge in [0, 0.05) is 57.7 Å². The molecule has 0 radical (unpaired) electrons. The summed E-state index contributed by atoms with van der Waals surface area (Å²) in [4.78, 5) is 21.6. The Hall–Kier alpha value is -1.34. The minimum Gasteiger partial charge on any atom is -0.341 e. The molecule has 4 heterocycles. The number of piperazine rings is 1. The first kappa shape index (κ1) is 17.1. The van der Waals surface area contributed by atoms with Crippen molar-refractivity contribution < 1.29 is 4.79 Å². The van der Waals surface area contributed by atoms with E-state index in [1.54, 1.807) is 16.7 Å². The zero-order valence-electron chi connectivity index (χ0n) is 13.9. The number of rotatable bonds is 3. The second-order valence-electron chi connectivity index (χ2n) is 6.71. The van der Waals surface area contributed by atoms with Crippen molar-refractivity contribution in [2.45, 2.75) is 18.9 Å². The molecule has 0 aliphatic carbocycles. The van der Waals surface area contributed by atoms with Gasteiger partial charge in [-0.1, -0.05) is 23.2 Å². The van der Waals surface area contributed by atoms with E-state index in [9.17, 15) is 4.79 Å². The highest BCUT2D eigenvalue weighted by atomic mass is 35.5. The van der Waals surface area contributed by atoms with E-state index in [1.807, 2.05) is 11.1 Å². The molecule has 0 saturated carbocycles. The van der Waals surface area contributed by atoms with E-state index in [-0.39, 0.29) is 5.91 Å². The molecule has 2 aliphatic heterocycles. The molecule has 2 fully saturated rings. The Labute approximate surface area is 156 Å². The molecule has 1 atom stereocenters. The molecule has 0 bridgehead atoms. The van der Waals surface area contributed by atoms with Gasteiger partial charge in [-0.2, -0.15) is 0 Å². The SMILES string of the molecule is O=C(Cc1cn2cc(Cl)cc(Cl)c2n1)N1CCC(N2CCNCC2)C1. The molecule has 134 valence electrons. The van der Waals surface area contributed by atoms with Crippen molar-refractivity contribution in [1.29, 1.82) is 0 Å². The molecule has 1 N–H and O–H groups in total. The van der Waals surface area contributed by atoms with Crippen molar-refractivity contribution in [2.75, 3.05) is 39.3 Å². The first-order valence-electron chi connectivity index (χ1n) is 8.65. The van der Waals surface area contributed by atoms with E-state index >= 15 is 0 Å². The number of fused-ring (bicyclic) bond motifs is 1. The Kier molecular flexibility index (Phi) is 4.86. The van der Waals surface area contributed by atoms with Gasteiger partial charge >= 0.3 is 0 Å². The highest BCUT2D eigenvalue weighted by Crippen LogP contribution is 2.22. The van der Waals surface area contributed by atoms with Crippen LogP contribution < -0.4 is 5.32 Å². The standard InChI is InChI=1S/C17H21Cl2N5O/c18-12-7-15(19)17-21-13(10-24(17)9-12)8-16(25)23-4-1-14(11-23)22-5-2-20-3-6-22/h7,9-10,14,20H,1-6,8,11H2. The number of hydrogen-bond donors (Lipinski definition) is 1. The normalized spacial score (nSPS) is 22.0. The van der Waals surface area contributed by atoms with E-state index in [2.05, 4.69) is 15.2 Å². The smallest absolute Gasteiger partial charge is 0.228 e. The van der Waals surface area contributed by atoms with Gasteiger partial charge in [0.1, 0.15) is 0 Å². The first-order chi connectivity index (χ1) is 12.1. The van der Waals surface area contributed by atoms with Gasteiger partial charge in [-0.3, -0.25) is 9.69 Å². The van der Waals surface area contributed by atoms with Crippen LogP contribution in [-0.4, -0.2) is 70.4 Å². The van der Waals surface area contributed by atoms with Crippen LogP contribution in [0, 0.1) is 0 Å². The number of imidazole rings is 1. The van der Waals surface area contributed by atoms with Crippen LogP contribution in [-0.2, 0) is 11.2 Å². The van der Waals surface area contributed by atoms with Crippen LogP contribution in [0.25, 0.3) is 5.65 Å². The maximum absolute atomic E-state index is 12.7. The van der Waals surface area contributed by atoms with Crippen molar-refractivity contribution in [3.63, 3.8) is 0 Å². The molecule has 25 heavy (non-hydrogen) atoms. The van der Waals surface area contributed by atoms with E-state index < -0.39 is 0 Å². The molecule has 2 aromatic heterocycles. The lowest BCUT2D eigenvalue weighted by Crippen LogP contribution is -2.49.